The molecule has 0 aromatic rings. The average Bonchev–Trinajstić information content (AvgIpc) is 2.75. The molecule has 0 aromatic carbocycles. The van der Waals surface area contributed by atoms with Crippen LogP contribution in [0.4, 0.5) is 4.79 Å². The Balaban J connectivity index is 2.59. The number of nitrogens with one attached hydrogen (secondary N) is 1. The maximum absolute atomic E-state index is 12.1. The maximum atomic E-state index is 12.1. The molecule has 0 saturated carbocycles. The summed E-state index contributed by atoms with van der Waals surface area (Å²) in [6.07, 6.45) is 4.01. The Hall–Kier alpha value is -0.910. The largest absolute Gasteiger partial charge is 0.481 e. The molecule has 6 heteroatoms. The standard InChI is InChI=1S/C13H24N2O3S/c1-4-5-13(11(16)17)6-7-15(9-13)12(18)14-10(2)8-19-3/h10H,4-9H2,1-3H3,(H,14,18)(H,16,17). The van der Waals surface area contributed by atoms with Gasteiger partial charge in [-0.25, -0.2) is 4.79 Å². The third-order valence-corrected chi connectivity index (χ3v) is 4.44. The molecule has 0 aliphatic carbocycles. The molecule has 1 aliphatic heterocycles. The smallest absolute Gasteiger partial charge is 0.317 e. The van der Waals surface area contributed by atoms with E-state index >= 15 is 0 Å². The van der Waals surface area contributed by atoms with E-state index < -0.39 is 11.4 Å². The van der Waals surface area contributed by atoms with Crippen LogP contribution >= 0.6 is 11.8 Å². The fourth-order valence-electron chi connectivity index (χ4n) is 2.60. The minimum Gasteiger partial charge on any atom is -0.481 e. The molecule has 2 atom stereocenters. The Morgan fingerprint density at radius 2 is 2.21 bits per heavy atom. The molecule has 2 N–H and O–H groups in total. The van der Waals surface area contributed by atoms with Crippen molar-refractivity contribution in [2.45, 2.75) is 39.2 Å². The third-order valence-electron chi connectivity index (χ3n) is 3.61. The van der Waals surface area contributed by atoms with Crippen LogP contribution < -0.4 is 5.32 Å². The van der Waals surface area contributed by atoms with E-state index in [4.69, 9.17) is 0 Å². The molecule has 0 spiro atoms. The van der Waals surface area contributed by atoms with Gasteiger partial charge < -0.3 is 15.3 Å². The quantitative estimate of drug-likeness (QED) is 0.784. The Kier molecular flexibility index (Phi) is 5.97. The highest BCUT2D eigenvalue weighted by atomic mass is 32.2. The van der Waals surface area contributed by atoms with Crippen molar-refractivity contribution in [3.8, 4) is 0 Å². The van der Waals surface area contributed by atoms with E-state index in [0.29, 0.717) is 25.9 Å². The van der Waals surface area contributed by atoms with Crippen molar-refractivity contribution in [1.29, 1.82) is 0 Å². The van der Waals surface area contributed by atoms with Gasteiger partial charge >= 0.3 is 12.0 Å². The van der Waals surface area contributed by atoms with Gasteiger partial charge in [-0.05, 0) is 26.0 Å². The number of carboxylic acid groups (broad SMARTS) is 1. The Labute approximate surface area is 119 Å². The second-order valence-corrected chi connectivity index (χ2v) is 6.22. The minimum absolute atomic E-state index is 0.105. The summed E-state index contributed by atoms with van der Waals surface area (Å²) in [5.41, 5.74) is -0.741. The highest BCUT2D eigenvalue weighted by Crippen LogP contribution is 2.35. The number of aliphatic carboxylic acids is 1. The van der Waals surface area contributed by atoms with E-state index in [1.807, 2.05) is 20.1 Å². The molecule has 5 nitrogen and oxygen atoms in total. The zero-order valence-corrected chi connectivity index (χ0v) is 12.8. The van der Waals surface area contributed by atoms with Crippen molar-refractivity contribution >= 4 is 23.8 Å². The normalized spacial score (nSPS) is 24.3. The number of hydrogen-bond acceptors (Lipinski definition) is 3. The van der Waals surface area contributed by atoms with Crippen molar-refractivity contribution < 1.29 is 14.7 Å². The van der Waals surface area contributed by atoms with Gasteiger partial charge in [0.05, 0.1) is 5.41 Å². The van der Waals surface area contributed by atoms with Crippen molar-refractivity contribution in [2.75, 3.05) is 25.1 Å². The fraction of sp³-hybridized carbons (Fsp3) is 0.846. The lowest BCUT2D eigenvalue weighted by Crippen LogP contribution is -2.45. The van der Waals surface area contributed by atoms with Crippen molar-refractivity contribution in [3.63, 3.8) is 0 Å². The molecule has 1 rings (SSSR count). The molecule has 0 bridgehead atoms. The number of carboxylic acids is 1. The molecule has 0 aromatic heterocycles. The lowest BCUT2D eigenvalue weighted by Gasteiger charge is -2.25. The van der Waals surface area contributed by atoms with Gasteiger partial charge in [0.25, 0.3) is 0 Å². The molecule has 19 heavy (non-hydrogen) atoms. The molecule has 1 fully saturated rings. The summed E-state index contributed by atoms with van der Waals surface area (Å²) < 4.78 is 0. The number of hydrogen-bond donors (Lipinski definition) is 2. The molecule has 2 unspecified atom stereocenters. The molecule has 0 radical (unpaired) electrons. The fourth-order valence-corrected chi connectivity index (χ4v) is 3.19. The lowest BCUT2D eigenvalue weighted by atomic mass is 9.83. The summed E-state index contributed by atoms with van der Waals surface area (Å²) in [6.45, 7) is 4.80. The van der Waals surface area contributed by atoms with Crippen LogP contribution in [-0.2, 0) is 4.79 Å². The van der Waals surface area contributed by atoms with Crippen molar-refractivity contribution in [2.24, 2.45) is 5.41 Å². The number of likely N-dealkylation sites (tertiary alicyclic amines) is 1. The zero-order valence-electron chi connectivity index (χ0n) is 11.9. The highest BCUT2D eigenvalue weighted by molar-refractivity contribution is 7.98. The number of amides is 2. The van der Waals surface area contributed by atoms with Crippen LogP contribution in [0.5, 0.6) is 0 Å². The van der Waals surface area contributed by atoms with E-state index in [1.54, 1.807) is 16.7 Å². The highest BCUT2D eigenvalue weighted by Gasteiger charge is 2.45. The van der Waals surface area contributed by atoms with Gasteiger partial charge in [-0.2, -0.15) is 11.8 Å². The second kappa shape index (κ2) is 7.03. The van der Waals surface area contributed by atoms with Gasteiger partial charge in [0.2, 0.25) is 0 Å². The van der Waals surface area contributed by atoms with Gasteiger partial charge in [-0.15, -0.1) is 0 Å². The number of carbonyl (C=O) groups is 2. The molecule has 1 aliphatic rings. The summed E-state index contributed by atoms with van der Waals surface area (Å²) >= 11 is 1.68. The molecule has 110 valence electrons. The van der Waals surface area contributed by atoms with Gasteiger partial charge in [0.15, 0.2) is 0 Å². The minimum atomic E-state index is -0.776. The SMILES string of the molecule is CCCC1(C(=O)O)CCN(C(=O)NC(C)CSC)C1. The van der Waals surface area contributed by atoms with Crippen LogP contribution in [0.25, 0.3) is 0 Å². The van der Waals surface area contributed by atoms with Crippen molar-refractivity contribution in [1.82, 2.24) is 10.2 Å². The maximum Gasteiger partial charge on any atom is 0.317 e. The summed E-state index contributed by atoms with van der Waals surface area (Å²) in [4.78, 5) is 25.1. The van der Waals surface area contributed by atoms with E-state index in [1.165, 1.54) is 0 Å². The summed E-state index contributed by atoms with van der Waals surface area (Å²) in [5, 5.41) is 12.3. The van der Waals surface area contributed by atoms with Gasteiger partial charge in [0, 0.05) is 24.9 Å². The first kappa shape index (κ1) is 16.1. The first-order valence-corrected chi connectivity index (χ1v) is 8.12. The van der Waals surface area contributed by atoms with Gasteiger partial charge in [-0.1, -0.05) is 13.3 Å². The number of nitrogens with zero attached hydrogens (tertiary/aromatic N) is 1. The number of urea groups is 1. The van der Waals surface area contributed by atoms with Crippen LogP contribution in [0.2, 0.25) is 0 Å². The molecule has 1 heterocycles. The van der Waals surface area contributed by atoms with Crippen molar-refractivity contribution in [3.05, 3.63) is 0 Å². The first-order chi connectivity index (χ1) is 8.95. The summed E-state index contributed by atoms with van der Waals surface area (Å²) in [7, 11) is 0. The third kappa shape index (κ3) is 4.03. The van der Waals surface area contributed by atoms with E-state index in [2.05, 4.69) is 5.32 Å². The number of carbonyl (C=O) groups excluding carboxylic acids is 1. The van der Waals surface area contributed by atoms with Crippen LogP contribution in [-0.4, -0.2) is 53.1 Å². The monoisotopic (exact) mass is 288 g/mol. The zero-order chi connectivity index (χ0) is 14.5. The molecular formula is C13H24N2O3S. The number of rotatable bonds is 6. The van der Waals surface area contributed by atoms with Crippen LogP contribution in [0.15, 0.2) is 0 Å². The predicted molar refractivity (Wildman–Crippen MR) is 77.5 cm³/mol. The van der Waals surface area contributed by atoms with Crippen LogP contribution in [0.1, 0.15) is 33.1 Å². The van der Waals surface area contributed by atoms with E-state index in [-0.39, 0.29) is 12.1 Å². The number of thioether (sulfide) groups is 1. The van der Waals surface area contributed by atoms with E-state index in [0.717, 1.165) is 12.2 Å². The topological polar surface area (TPSA) is 69.6 Å². The van der Waals surface area contributed by atoms with E-state index in [9.17, 15) is 14.7 Å². The van der Waals surface area contributed by atoms with Gasteiger partial charge in [-0.3, -0.25) is 4.79 Å². The lowest BCUT2D eigenvalue weighted by molar-refractivity contribution is -0.148. The molecule has 2 amide bonds. The van der Waals surface area contributed by atoms with Crippen LogP contribution in [0.3, 0.4) is 0 Å². The molecule has 1 saturated heterocycles. The van der Waals surface area contributed by atoms with Crippen LogP contribution in [0, 0.1) is 5.41 Å². The first-order valence-electron chi connectivity index (χ1n) is 6.73. The predicted octanol–water partition coefficient (Wildman–Crippen LogP) is 2.02. The van der Waals surface area contributed by atoms with Gasteiger partial charge in [0.1, 0.15) is 0 Å². The Morgan fingerprint density at radius 1 is 1.53 bits per heavy atom. The Bertz CT molecular complexity index is 338. The summed E-state index contributed by atoms with van der Waals surface area (Å²) in [6, 6.07) is -0.0331. The second-order valence-electron chi connectivity index (χ2n) is 5.31. The molecular weight excluding hydrogens is 264 g/mol. The Morgan fingerprint density at radius 3 is 2.74 bits per heavy atom. The average molecular weight is 288 g/mol. The summed E-state index contributed by atoms with van der Waals surface area (Å²) in [5.74, 6) is 0.0836.